The van der Waals surface area contributed by atoms with Gasteiger partial charge in [0.1, 0.15) is 0 Å². The third kappa shape index (κ3) is 2.53. The fourth-order valence-electron chi connectivity index (χ4n) is 2.47. The number of hydrogen-bond acceptors (Lipinski definition) is 5. The van der Waals surface area contributed by atoms with Gasteiger partial charge in [-0.3, -0.25) is 10.1 Å². The van der Waals surface area contributed by atoms with Crippen molar-refractivity contribution in [2.75, 3.05) is 31.6 Å². The molecule has 110 valence electrons. The van der Waals surface area contributed by atoms with Gasteiger partial charge in [-0.15, -0.1) is 0 Å². The molecule has 7 heteroatoms. The maximum absolute atomic E-state index is 14.2. The first-order valence-electron chi connectivity index (χ1n) is 6.37. The number of anilines is 1. The zero-order valence-corrected chi connectivity index (χ0v) is 11.8. The van der Waals surface area contributed by atoms with Crippen molar-refractivity contribution in [3.8, 4) is 5.75 Å². The molecule has 2 rings (SSSR count). The molecule has 0 amide bonds. The summed E-state index contributed by atoms with van der Waals surface area (Å²) in [7, 11) is 1.34. The van der Waals surface area contributed by atoms with Gasteiger partial charge in [0.05, 0.1) is 23.8 Å². The monoisotopic (exact) mass is 283 g/mol. The van der Waals surface area contributed by atoms with Gasteiger partial charge in [-0.1, -0.05) is 0 Å². The van der Waals surface area contributed by atoms with Gasteiger partial charge in [0, 0.05) is 31.2 Å². The Morgan fingerprint density at radius 3 is 2.75 bits per heavy atom. The second-order valence-corrected chi connectivity index (χ2v) is 5.37. The lowest BCUT2D eigenvalue weighted by Gasteiger charge is -2.44. The molecule has 20 heavy (non-hydrogen) atoms. The summed E-state index contributed by atoms with van der Waals surface area (Å²) in [5.74, 6) is -0.534. The van der Waals surface area contributed by atoms with Crippen LogP contribution in [0.5, 0.6) is 5.75 Å². The van der Waals surface area contributed by atoms with E-state index >= 15 is 0 Å². The number of rotatable bonds is 3. The summed E-state index contributed by atoms with van der Waals surface area (Å²) >= 11 is 0. The summed E-state index contributed by atoms with van der Waals surface area (Å²) in [5, 5.41) is 14.1. The van der Waals surface area contributed by atoms with Crippen molar-refractivity contribution < 1.29 is 14.1 Å². The standard InChI is InChI=1S/C13H18FN3O3/c1-13(2)8-15-4-5-16(13)10-7-12(20-3)11(17(18)19)6-9(10)14/h6-7,15H,4-5,8H2,1-3H3. The fraction of sp³-hybridized carbons (Fsp3) is 0.538. The van der Waals surface area contributed by atoms with Crippen molar-refractivity contribution in [1.29, 1.82) is 0 Å². The number of nitrogens with one attached hydrogen (secondary N) is 1. The van der Waals surface area contributed by atoms with Gasteiger partial charge in [0.15, 0.2) is 11.6 Å². The highest BCUT2D eigenvalue weighted by Gasteiger charge is 2.33. The molecule has 1 aromatic carbocycles. The Morgan fingerprint density at radius 2 is 2.20 bits per heavy atom. The van der Waals surface area contributed by atoms with Crippen LogP contribution in [0.3, 0.4) is 0 Å². The molecule has 0 atom stereocenters. The Labute approximate surface area is 116 Å². The number of benzene rings is 1. The van der Waals surface area contributed by atoms with E-state index in [1.54, 1.807) is 0 Å². The molecule has 1 aromatic rings. The minimum Gasteiger partial charge on any atom is -0.490 e. The van der Waals surface area contributed by atoms with Crippen LogP contribution in [0.15, 0.2) is 12.1 Å². The Balaban J connectivity index is 2.49. The first kappa shape index (κ1) is 14.5. The first-order chi connectivity index (χ1) is 9.36. The Bertz CT molecular complexity index is 534. The van der Waals surface area contributed by atoms with E-state index in [-0.39, 0.29) is 17.0 Å². The number of methoxy groups -OCH3 is 1. The minimum atomic E-state index is -0.644. The summed E-state index contributed by atoms with van der Waals surface area (Å²) in [5.41, 5.74) is -0.305. The summed E-state index contributed by atoms with van der Waals surface area (Å²) in [6.45, 7) is 6.07. The zero-order valence-electron chi connectivity index (χ0n) is 11.8. The molecule has 6 nitrogen and oxygen atoms in total. The van der Waals surface area contributed by atoms with Crippen LogP contribution in [0.2, 0.25) is 0 Å². The van der Waals surface area contributed by atoms with Gasteiger partial charge < -0.3 is 15.0 Å². The zero-order chi connectivity index (χ0) is 14.9. The molecule has 1 aliphatic rings. The molecule has 1 saturated heterocycles. The third-order valence-electron chi connectivity index (χ3n) is 3.54. The van der Waals surface area contributed by atoms with Gasteiger partial charge in [0.25, 0.3) is 0 Å². The van der Waals surface area contributed by atoms with Crippen LogP contribution in [-0.4, -0.2) is 37.2 Å². The van der Waals surface area contributed by atoms with Crippen molar-refractivity contribution in [2.45, 2.75) is 19.4 Å². The van der Waals surface area contributed by atoms with E-state index in [1.807, 2.05) is 18.7 Å². The van der Waals surface area contributed by atoms with E-state index in [0.717, 1.165) is 12.6 Å². The number of piperazine rings is 1. The van der Waals surface area contributed by atoms with Crippen LogP contribution in [0.4, 0.5) is 15.8 Å². The Hall–Kier alpha value is -1.89. The summed E-state index contributed by atoms with van der Waals surface area (Å²) in [4.78, 5) is 12.1. The second kappa shape index (κ2) is 5.24. The highest BCUT2D eigenvalue weighted by atomic mass is 19.1. The lowest BCUT2D eigenvalue weighted by atomic mass is 9.99. The normalized spacial score (nSPS) is 17.9. The lowest BCUT2D eigenvalue weighted by molar-refractivity contribution is -0.385. The van der Waals surface area contributed by atoms with Crippen LogP contribution >= 0.6 is 0 Å². The van der Waals surface area contributed by atoms with Crippen LogP contribution in [0, 0.1) is 15.9 Å². The molecule has 0 unspecified atom stereocenters. The van der Waals surface area contributed by atoms with Crippen molar-refractivity contribution in [1.82, 2.24) is 5.32 Å². The fourth-order valence-corrected chi connectivity index (χ4v) is 2.47. The number of nitro groups is 1. The van der Waals surface area contributed by atoms with Gasteiger partial charge in [-0.25, -0.2) is 4.39 Å². The average molecular weight is 283 g/mol. The quantitative estimate of drug-likeness (QED) is 0.678. The summed E-state index contributed by atoms with van der Waals surface area (Å²) in [6.07, 6.45) is 0. The highest BCUT2D eigenvalue weighted by Crippen LogP contribution is 2.36. The van der Waals surface area contributed by atoms with Gasteiger partial charge in [-0.05, 0) is 13.8 Å². The summed E-state index contributed by atoms with van der Waals surface area (Å²) < 4.78 is 19.2. The molecule has 0 bridgehead atoms. The average Bonchev–Trinajstić information content (AvgIpc) is 2.38. The molecule has 0 radical (unpaired) electrons. The van der Waals surface area contributed by atoms with Crippen molar-refractivity contribution >= 4 is 11.4 Å². The molecular formula is C13H18FN3O3. The van der Waals surface area contributed by atoms with E-state index in [4.69, 9.17) is 4.74 Å². The number of nitrogens with zero attached hydrogens (tertiary/aromatic N) is 2. The highest BCUT2D eigenvalue weighted by molar-refractivity contribution is 5.61. The van der Waals surface area contributed by atoms with E-state index in [9.17, 15) is 14.5 Å². The molecular weight excluding hydrogens is 265 g/mol. The van der Waals surface area contributed by atoms with E-state index in [1.165, 1.54) is 13.2 Å². The van der Waals surface area contributed by atoms with E-state index < -0.39 is 10.7 Å². The van der Waals surface area contributed by atoms with Gasteiger partial charge in [0.2, 0.25) is 0 Å². The smallest absolute Gasteiger partial charge is 0.313 e. The Morgan fingerprint density at radius 1 is 1.50 bits per heavy atom. The maximum Gasteiger partial charge on any atom is 0.313 e. The number of halogens is 1. The topological polar surface area (TPSA) is 67.6 Å². The van der Waals surface area contributed by atoms with E-state index in [0.29, 0.717) is 18.8 Å². The van der Waals surface area contributed by atoms with Gasteiger partial charge in [-0.2, -0.15) is 0 Å². The van der Waals surface area contributed by atoms with Crippen LogP contribution in [0.1, 0.15) is 13.8 Å². The summed E-state index contributed by atoms with van der Waals surface area (Å²) in [6, 6.07) is 2.33. The van der Waals surface area contributed by atoms with Crippen LogP contribution in [-0.2, 0) is 0 Å². The predicted molar refractivity (Wildman–Crippen MR) is 73.9 cm³/mol. The van der Waals surface area contributed by atoms with Crippen molar-refractivity contribution in [3.05, 3.63) is 28.1 Å². The van der Waals surface area contributed by atoms with Crippen molar-refractivity contribution in [3.63, 3.8) is 0 Å². The van der Waals surface area contributed by atoms with Crippen LogP contribution < -0.4 is 15.0 Å². The van der Waals surface area contributed by atoms with Crippen molar-refractivity contribution in [2.24, 2.45) is 0 Å². The van der Waals surface area contributed by atoms with Gasteiger partial charge >= 0.3 is 5.69 Å². The molecule has 1 N–H and O–H groups in total. The molecule has 0 aliphatic carbocycles. The third-order valence-corrected chi connectivity index (χ3v) is 3.54. The SMILES string of the molecule is COc1cc(N2CCNCC2(C)C)c(F)cc1[N+](=O)[O-]. The lowest BCUT2D eigenvalue weighted by Crippen LogP contribution is -2.58. The molecule has 0 aromatic heterocycles. The molecule has 0 saturated carbocycles. The predicted octanol–water partition coefficient (Wildman–Crippen LogP) is 1.93. The van der Waals surface area contributed by atoms with Crippen LogP contribution in [0.25, 0.3) is 0 Å². The second-order valence-electron chi connectivity index (χ2n) is 5.37. The minimum absolute atomic E-state index is 0.0701. The molecule has 1 aliphatic heterocycles. The maximum atomic E-state index is 14.2. The number of nitro benzene ring substituents is 1. The number of ether oxygens (including phenoxy) is 1. The molecule has 0 spiro atoms. The molecule has 1 heterocycles. The largest absolute Gasteiger partial charge is 0.490 e. The van der Waals surface area contributed by atoms with E-state index in [2.05, 4.69) is 5.32 Å². The number of hydrogen-bond donors (Lipinski definition) is 1. The first-order valence-corrected chi connectivity index (χ1v) is 6.37. The molecule has 1 fully saturated rings. The Kier molecular flexibility index (Phi) is 3.80.